The van der Waals surface area contributed by atoms with Gasteiger partial charge in [0.15, 0.2) is 0 Å². The maximum Gasteiger partial charge on any atom is 0.283 e. The van der Waals surface area contributed by atoms with E-state index in [2.05, 4.69) is 33.3 Å². The van der Waals surface area contributed by atoms with Crippen LogP contribution in [0.4, 0.5) is 5.69 Å². The first-order valence-corrected chi connectivity index (χ1v) is 7.86. The van der Waals surface area contributed by atoms with Crippen molar-refractivity contribution >= 4 is 21.6 Å². The molecule has 19 heavy (non-hydrogen) atoms. The minimum absolute atomic E-state index is 0.0683. The average molecular weight is 328 g/mol. The van der Waals surface area contributed by atoms with Crippen molar-refractivity contribution in [1.29, 1.82) is 0 Å². The van der Waals surface area contributed by atoms with Gasteiger partial charge in [-0.2, -0.15) is 5.10 Å². The van der Waals surface area contributed by atoms with Gasteiger partial charge in [0.05, 0.1) is 17.9 Å². The summed E-state index contributed by atoms with van der Waals surface area (Å²) < 4.78 is 2.09. The normalized spacial score (nSPS) is 16.7. The van der Waals surface area contributed by atoms with E-state index in [4.69, 9.17) is 0 Å². The van der Waals surface area contributed by atoms with E-state index in [1.165, 1.54) is 23.9 Å². The molecule has 1 atom stereocenters. The van der Waals surface area contributed by atoms with Crippen molar-refractivity contribution in [2.45, 2.75) is 58.5 Å². The van der Waals surface area contributed by atoms with Crippen LogP contribution in [0.25, 0.3) is 0 Å². The first-order valence-electron chi connectivity index (χ1n) is 7.06. The third-order valence-electron chi connectivity index (χ3n) is 3.60. The summed E-state index contributed by atoms with van der Waals surface area (Å²) in [5.74, 6) is 0.875. The molecule has 1 fully saturated rings. The van der Waals surface area contributed by atoms with Crippen molar-refractivity contribution in [1.82, 2.24) is 9.78 Å². The molecular weight excluding hydrogens is 306 g/mol. The molecule has 1 heterocycles. The van der Waals surface area contributed by atoms with E-state index >= 15 is 0 Å². The third-order valence-corrected chi connectivity index (χ3v) is 4.37. The zero-order valence-electron chi connectivity index (χ0n) is 11.8. The highest BCUT2D eigenvalue weighted by atomic mass is 79.9. The van der Waals surface area contributed by atoms with Gasteiger partial charge in [0.2, 0.25) is 0 Å². The van der Waals surface area contributed by atoms with E-state index in [-0.39, 0.29) is 11.6 Å². The quantitative estimate of drug-likeness (QED) is 0.868. The van der Waals surface area contributed by atoms with E-state index in [0.717, 1.165) is 18.0 Å². The monoisotopic (exact) mass is 327 g/mol. The molecule has 1 aliphatic carbocycles. The van der Waals surface area contributed by atoms with Crippen LogP contribution in [0.3, 0.4) is 0 Å². The highest BCUT2D eigenvalue weighted by Gasteiger charge is 2.25. The maximum absolute atomic E-state index is 12.1. The summed E-state index contributed by atoms with van der Waals surface area (Å²) in [5, 5.41) is 7.68. The summed E-state index contributed by atoms with van der Waals surface area (Å²) >= 11 is 3.40. The number of hydrogen-bond donors (Lipinski definition) is 1. The maximum atomic E-state index is 12.1. The summed E-state index contributed by atoms with van der Waals surface area (Å²) in [6.45, 7) is 6.09. The molecule has 4 nitrogen and oxygen atoms in total. The van der Waals surface area contributed by atoms with Gasteiger partial charge >= 0.3 is 0 Å². The summed E-state index contributed by atoms with van der Waals surface area (Å²) in [5.41, 5.74) is 0.746. The van der Waals surface area contributed by atoms with Gasteiger partial charge in [-0.25, -0.2) is 4.68 Å². The molecule has 1 aromatic rings. The minimum Gasteiger partial charge on any atom is -0.380 e. The van der Waals surface area contributed by atoms with Gasteiger partial charge in [0.25, 0.3) is 5.56 Å². The van der Waals surface area contributed by atoms with Crippen LogP contribution in [0.15, 0.2) is 15.5 Å². The van der Waals surface area contributed by atoms with E-state index in [9.17, 15) is 4.79 Å². The number of aromatic nitrogens is 2. The second-order valence-electron chi connectivity index (χ2n) is 5.64. The number of nitrogens with zero attached hydrogens (tertiary/aromatic N) is 2. The zero-order valence-corrected chi connectivity index (χ0v) is 13.4. The average Bonchev–Trinajstić information content (AvgIpc) is 3.17. The molecule has 1 saturated carbocycles. The molecule has 1 aliphatic rings. The Morgan fingerprint density at radius 1 is 1.53 bits per heavy atom. The van der Waals surface area contributed by atoms with Gasteiger partial charge in [0, 0.05) is 6.04 Å². The zero-order chi connectivity index (χ0) is 14.0. The lowest BCUT2D eigenvalue weighted by Crippen LogP contribution is -2.28. The van der Waals surface area contributed by atoms with Crippen LogP contribution in [0, 0.1) is 5.92 Å². The van der Waals surface area contributed by atoms with Gasteiger partial charge < -0.3 is 5.32 Å². The molecule has 0 amide bonds. The summed E-state index contributed by atoms with van der Waals surface area (Å²) in [6, 6.07) is 0.506. The van der Waals surface area contributed by atoms with Gasteiger partial charge in [-0.15, -0.1) is 0 Å². The molecule has 1 unspecified atom stereocenters. The Hall–Kier alpha value is -0.840. The van der Waals surface area contributed by atoms with Gasteiger partial charge in [0.1, 0.15) is 4.47 Å². The lowest BCUT2D eigenvalue weighted by Gasteiger charge is -2.19. The van der Waals surface area contributed by atoms with Crippen molar-refractivity contribution in [3.05, 3.63) is 21.0 Å². The molecule has 0 aliphatic heterocycles. The number of halogens is 1. The van der Waals surface area contributed by atoms with Crippen molar-refractivity contribution in [3.8, 4) is 0 Å². The van der Waals surface area contributed by atoms with Crippen LogP contribution in [0.1, 0.15) is 52.5 Å². The lowest BCUT2D eigenvalue weighted by atomic mass is 10.1. The number of rotatable bonds is 6. The molecule has 0 spiro atoms. The third kappa shape index (κ3) is 3.59. The van der Waals surface area contributed by atoms with Crippen molar-refractivity contribution < 1.29 is 0 Å². The molecule has 106 valence electrons. The molecular formula is C14H22BrN3O. The Kier molecular flexibility index (Phi) is 4.66. The van der Waals surface area contributed by atoms with Crippen molar-refractivity contribution in [2.75, 3.05) is 5.32 Å². The van der Waals surface area contributed by atoms with Gasteiger partial charge in [-0.1, -0.05) is 19.8 Å². The Bertz CT molecular complexity index is 494. The Morgan fingerprint density at radius 3 is 2.74 bits per heavy atom. The van der Waals surface area contributed by atoms with Crippen LogP contribution in [0.5, 0.6) is 0 Å². The molecule has 0 aromatic carbocycles. The summed E-state index contributed by atoms with van der Waals surface area (Å²) in [6.07, 6.45) is 6.71. The van der Waals surface area contributed by atoms with E-state index in [0.29, 0.717) is 10.5 Å². The number of hydrogen-bond acceptors (Lipinski definition) is 3. The Labute approximate surface area is 122 Å². The van der Waals surface area contributed by atoms with E-state index in [1.54, 1.807) is 6.20 Å². The van der Waals surface area contributed by atoms with Crippen LogP contribution in [-0.2, 0) is 0 Å². The molecule has 1 aromatic heterocycles. The predicted molar refractivity (Wildman–Crippen MR) is 81.6 cm³/mol. The second-order valence-corrected chi connectivity index (χ2v) is 6.44. The smallest absolute Gasteiger partial charge is 0.283 e. The standard InChI is InChI=1S/C14H22BrN3O/c1-4-11(7-10-5-6-10)17-12-8-16-18(9(2)3)14(19)13(12)15/h8-11,17H,4-7H2,1-3H3. The Morgan fingerprint density at radius 2 is 2.21 bits per heavy atom. The van der Waals surface area contributed by atoms with Gasteiger partial charge in [-0.3, -0.25) is 4.79 Å². The second kappa shape index (κ2) is 6.07. The summed E-state index contributed by atoms with van der Waals surface area (Å²) in [4.78, 5) is 12.1. The molecule has 2 rings (SSSR count). The highest BCUT2D eigenvalue weighted by Crippen LogP contribution is 2.35. The topological polar surface area (TPSA) is 46.9 Å². The lowest BCUT2D eigenvalue weighted by molar-refractivity contribution is 0.500. The van der Waals surface area contributed by atoms with Crippen molar-refractivity contribution in [2.24, 2.45) is 5.92 Å². The largest absolute Gasteiger partial charge is 0.380 e. The SMILES string of the molecule is CCC(CC1CC1)Nc1cnn(C(C)C)c(=O)c1Br. The summed E-state index contributed by atoms with van der Waals surface area (Å²) in [7, 11) is 0. The molecule has 0 radical (unpaired) electrons. The van der Waals surface area contributed by atoms with Gasteiger partial charge in [-0.05, 0) is 48.5 Å². The molecule has 0 bridgehead atoms. The van der Waals surface area contributed by atoms with E-state index < -0.39 is 0 Å². The number of nitrogens with one attached hydrogen (secondary N) is 1. The fraction of sp³-hybridized carbons (Fsp3) is 0.714. The highest BCUT2D eigenvalue weighted by molar-refractivity contribution is 9.10. The predicted octanol–water partition coefficient (Wildman–Crippen LogP) is 3.58. The van der Waals surface area contributed by atoms with Crippen LogP contribution in [-0.4, -0.2) is 15.8 Å². The molecule has 0 saturated heterocycles. The fourth-order valence-corrected chi connectivity index (χ4v) is 2.62. The van der Waals surface area contributed by atoms with E-state index in [1.807, 2.05) is 13.8 Å². The van der Waals surface area contributed by atoms with Crippen LogP contribution < -0.4 is 10.9 Å². The van der Waals surface area contributed by atoms with Crippen molar-refractivity contribution in [3.63, 3.8) is 0 Å². The molecule has 1 N–H and O–H groups in total. The number of anilines is 1. The molecule has 5 heteroatoms. The first-order chi connectivity index (χ1) is 9.02. The van der Waals surface area contributed by atoms with Crippen LogP contribution >= 0.6 is 15.9 Å². The minimum atomic E-state index is -0.0683. The van der Waals surface area contributed by atoms with Crippen LogP contribution in [0.2, 0.25) is 0 Å². The first kappa shape index (κ1) is 14.6. The Balaban J connectivity index is 2.15. The fourth-order valence-electron chi connectivity index (χ4n) is 2.22.